The second-order valence-electron chi connectivity index (χ2n) is 9.02. The summed E-state index contributed by atoms with van der Waals surface area (Å²) in [6.45, 7) is 9.70. The fraction of sp³-hybridized carbons (Fsp3) is 0.280. The van der Waals surface area contributed by atoms with Gasteiger partial charge in [-0.3, -0.25) is 4.79 Å². The van der Waals surface area contributed by atoms with E-state index in [1.54, 1.807) is 0 Å². The third kappa shape index (κ3) is 3.16. The summed E-state index contributed by atoms with van der Waals surface area (Å²) in [5.74, 6) is 0. The molecule has 0 unspecified atom stereocenters. The average molecular weight is 448 g/mol. The number of hydrogen-bond acceptors (Lipinski definition) is 4. The van der Waals surface area contributed by atoms with Crippen LogP contribution in [0.2, 0.25) is 13.1 Å². The molecule has 0 saturated carbocycles. The zero-order chi connectivity index (χ0) is 21.8. The van der Waals surface area contributed by atoms with Gasteiger partial charge in [0.15, 0.2) is 10.8 Å². The van der Waals surface area contributed by atoms with Crippen LogP contribution >= 0.6 is 11.3 Å². The summed E-state index contributed by atoms with van der Waals surface area (Å²) in [5, 5.41) is 5.48. The summed E-state index contributed by atoms with van der Waals surface area (Å²) >= 11 is 1.47. The molecule has 1 fully saturated rings. The van der Waals surface area contributed by atoms with Gasteiger partial charge in [-0.2, -0.15) is 0 Å². The number of nitrogens with two attached hydrogens (primary N) is 1. The predicted octanol–water partition coefficient (Wildman–Crippen LogP) is 4.19. The molecule has 2 aromatic rings. The van der Waals surface area contributed by atoms with Crippen LogP contribution in [-0.2, 0) is 4.79 Å². The first-order valence-electron chi connectivity index (χ1n) is 10.8. The average Bonchev–Trinajstić information content (AvgIpc) is 3.40. The minimum absolute atomic E-state index is 0.526. The van der Waals surface area contributed by atoms with Gasteiger partial charge < -0.3 is 10.5 Å². The Morgan fingerprint density at radius 1 is 1.19 bits per heavy atom. The number of aryl methyl sites for hydroxylation is 1. The minimum Gasteiger partial charge on any atom is -0.417 e. The fourth-order valence-corrected chi connectivity index (χ4v) is 9.11. The van der Waals surface area contributed by atoms with Crippen LogP contribution in [0.3, 0.4) is 0 Å². The Kier molecular flexibility index (Phi) is 4.87. The van der Waals surface area contributed by atoms with Crippen molar-refractivity contribution in [2.24, 2.45) is 0 Å². The van der Waals surface area contributed by atoms with Crippen molar-refractivity contribution < 1.29 is 14.1 Å². The summed E-state index contributed by atoms with van der Waals surface area (Å²) in [7, 11) is -1.99. The van der Waals surface area contributed by atoms with Crippen molar-refractivity contribution >= 4 is 48.0 Å². The molecule has 3 heterocycles. The van der Waals surface area contributed by atoms with Crippen LogP contribution in [0.25, 0.3) is 5.57 Å². The van der Waals surface area contributed by atoms with Crippen molar-refractivity contribution in [2.45, 2.75) is 32.9 Å². The smallest absolute Gasteiger partial charge is 0.299 e. The highest BCUT2D eigenvalue weighted by atomic mass is 32.1. The normalized spacial score (nSPS) is 19.3. The molecular weight excluding hydrogens is 420 g/mol. The number of ether oxygens (including phenoxy) is 1. The van der Waals surface area contributed by atoms with Gasteiger partial charge in [-0.25, -0.2) is 4.58 Å². The maximum absolute atomic E-state index is 11.2. The molecule has 0 amide bonds. The highest BCUT2D eigenvalue weighted by Gasteiger charge is 2.41. The lowest BCUT2D eigenvalue weighted by Crippen LogP contribution is -2.49. The molecule has 5 rings (SSSR count). The molecule has 3 aliphatic rings. The minimum atomic E-state index is -1.99. The lowest BCUT2D eigenvalue weighted by molar-refractivity contribution is -0.504. The molecule has 4 nitrogen and oxygen atoms in total. The Balaban J connectivity index is 1.84. The van der Waals surface area contributed by atoms with Crippen molar-refractivity contribution in [2.75, 3.05) is 18.8 Å². The molecule has 1 aromatic carbocycles. The molecule has 1 aliphatic carbocycles. The number of nitrogens with zero attached hydrogens (tertiary/aromatic N) is 1. The van der Waals surface area contributed by atoms with E-state index in [-0.39, 0.29) is 0 Å². The maximum Gasteiger partial charge on any atom is 0.299 e. The predicted molar refractivity (Wildman–Crippen MR) is 131 cm³/mol. The molecule has 1 saturated heterocycles. The Hall–Kier alpha value is -2.70. The Bertz CT molecular complexity index is 1220. The van der Waals surface area contributed by atoms with E-state index in [0.29, 0.717) is 11.5 Å². The number of anilines is 1. The first-order chi connectivity index (χ1) is 14.9. The second-order valence-corrected chi connectivity index (χ2v) is 14.2. The summed E-state index contributed by atoms with van der Waals surface area (Å²) in [6.07, 6.45) is 9.48. The van der Waals surface area contributed by atoms with Crippen LogP contribution in [-0.4, -0.2) is 37.9 Å². The van der Waals surface area contributed by atoms with E-state index in [4.69, 9.17) is 10.5 Å². The molecule has 0 radical (unpaired) electrons. The monoisotopic (exact) mass is 447 g/mol. The molecule has 158 valence electrons. The summed E-state index contributed by atoms with van der Waals surface area (Å²) in [4.78, 5) is 11.2. The molecule has 1 aromatic heterocycles. The van der Waals surface area contributed by atoms with E-state index in [1.807, 2.05) is 6.07 Å². The second kappa shape index (κ2) is 7.46. The number of hydrogen-bond donors (Lipinski definition) is 1. The first-order valence-corrected chi connectivity index (χ1v) is 14.7. The standard InChI is InChI=1S/C25H26N2O2SSi/c1-16-14-30-25(29-15-28)23(16)24-19-8-6-17(26)12-21(19)31(2,3)22-13-18(7-9-20(22)24)27-10-4-5-11-27/h6-9,12-15,26H,4-5,10-11H2,1-3H3/p+1. The van der Waals surface area contributed by atoms with E-state index in [1.165, 1.54) is 51.4 Å². The molecular formula is C25H27N2O2SSi+. The number of carbonyl (C=O) groups is 1. The first kappa shape index (κ1) is 20.2. The van der Waals surface area contributed by atoms with Gasteiger partial charge in [-0.15, -0.1) is 11.3 Å². The van der Waals surface area contributed by atoms with Gasteiger partial charge in [0.2, 0.25) is 0 Å². The van der Waals surface area contributed by atoms with Gasteiger partial charge in [-0.1, -0.05) is 19.2 Å². The molecule has 2 N–H and O–H groups in total. The molecule has 6 heteroatoms. The van der Waals surface area contributed by atoms with Crippen molar-refractivity contribution in [3.63, 3.8) is 0 Å². The van der Waals surface area contributed by atoms with Crippen molar-refractivity contribution in [3.05, 3.63) is 69.3 Å². The Morgan fingerprint density at radius 3 is 2.71 bits per heavy atom. The largest absolute Gasteiger partial charge is 0.417 e. The van der Waals surface area contributed by atoms with Gasteiger partial charge in [-0.05, 0) is 57.6 Å². The van der Waals surface area contributed by atoms with E-state index >= 15 is 0 Å². The van der Waals surface area contributed by atoms with Crippen LogP contribution in [0.1, 0.15) is 29.5 Å². The Morgan fingerprint density at radius 2 is 1.97 bits per heavy atom. The van der Waals surface area contributed by atoms with Gasteiger partial charge in [0.05, 0.1) is 0 Å². The van der Waals surface area contributed by atoms with Crippen LogP contribution in [0.15, 0.2) is 52.6 Å². The lowest BCUT2D eigenvalue weighted by atomic mass is 9.89. The van der Waals surface area contributed by atoms with E-state index in [2.05, 4.69) is 60.3 Å². The number of fused-ring (bicyclic) bond motifs is 2. The number of rotatable bonds is 3. The summed E-state index contributed by atoms with van der Waals surface area (Å²) in [5.41, 5.74) is 14.1. The van der Waals surface area contributed by atoms with Gasteiger partial charge in [0.25, 0.3) is 6.47 Å². The topological polar surface area (TPSA) is 55.3 Å². The molecule has 31 heavy (non-hydrogen) atoms. The van der Waals surface area contributed by atoms with Gasteiger partial charge in [0.1, 0.15) is 21.2 Å². The number of carbonyl (C=O) groups excluding carboxylic acids is 1. The summed E-state index contributed by atoms with van der Waals surface area (Å²) < 4.78 is 7.91. The number of thiophene rings is 1. The van der Waals surface area contributed by atoms with Gasteiger partial charge >= 0.3 is 0 Å². The lowest BCUT2D eigenvalue weighted by Gasteiger charge is -2.37. The van der Waals surface area contributed by atoms with E-state index in [9.17, 15) is 4.79 Å². The van der Waals surface area contributed by atoms with Crippen molar-refractivity contribution in [1.29, 1.82) is 0 Å². The van der Waals surface area contributed by atoms with E-state index in [0.717, 1.165) is 35.5 Å². The zero-order valence-corrected chi connectivity index (χ0v) is 20.0. The zero-order valence-electron chi connectivity index (χ0n) is 18.2. The quantitative estimate of drug-likeness (QED) is 0.332. The number of allylic oxidation sites excluding steroid dienone is 5. The van der Waals surface area contributed by atoms with Gasteiger partial charge in [0, 0.05) is 41.8 Å². The SMILES string of the molecule is Cc1csc(OC=O)c1C1=C2C=CC(=[N+]3CCCC3)C=C2[Si](C)(C)c2cc(N)ccc21. The van der Waals surface area contributed by atoms with Crippen LogP contribution in [0.5, 0.6) is 5.06 Å². The van der Waals surface area contributed by atoms with Crippen LogP contribution < -0.4 is 15.7 Å². The molecule has 0 atom stereocenters. The van der Waals surface area contributed by atoms with Crippen LogP contribution in [0.4, 0.5) is 5.69 Å². The highest BCUT2D eigenvalue weighted by Crippen LogP contribution is 2.46. The third-order valence-electron chi connectivity index (χ3n) is 6.75. The van der Waals surface area contributed by atoms with E-state index < -0.39 is 8.07 Å². The highest BCUT2D eigenvalue weighted by molar-refractivity contribution is 7.12. The number of nitrogen functional groups attached to an aromatic ring is 1. The Labute approximate surface area is 188 Å². The maximum atomic E-state index is 11.2. The fourth-order valence-electron chi connectivity index (χ4n) is 5.15. The number of benzene rings is 1. The van der Waals surface area contributed by atoms with Crippen molar-refractivity contribution in [3.8, 4) is 5.06 Å². The van der Waals surface area contributed by atoms with Crippen molar-refractivity contribution in [1.82, 2.24) is 0 Å². The summed E-state index contributed by atoms with van der Waals surface area (Å²) in [6, 6.07) is 6.29. The molecule has 2 aliphatic heterocycles. The van der Waals surface area contributed by atoms with Crippen LogP contribution in [0, 0.1) is 6.92 Å². The molecule has 0 spiro atoms. The third-order valence-corrected chi connectivity index (χ3v) is 11.3. The molecule has 0 bridgehead atoms.